The first-order valence-electron chi connectivity index (χ1n) is 8.20. The summed E-state index contributed by atoms with van der Waals surface area (Å²) in [6.45, 7) is 1.90. The van der Waals surface area contributed by atoms with Gasteiger partial charge in [-0.15, -0.1) is 0 Å². The summed E-state index contributed by atoms with van der Waals surface area (Å²) < 4.78 is 40.3. The van der Waals surface area contributed by atoms with E-state index >= 15 is 0 Å². The van der Waals surface area contributed by atoms with Crippen LogP contribution in [0.5, 0.6) is 0 Å². The standard InChI is InChI=1S/C19H14Cl2F3N3S/c1-2-15(11-3-7-13(20)8-4-11)26-27-18-25-17(19(22,23)24)16(28-18)12-5-9-14(21)10-6-12/h3-10H,2H2,1H3,(H,25,27)/b26-15+. The van der Waals surface area contributed by atoms with Gasteiger partial charge in [0.25, 0.3) is 0 Å². The van der Waals surface area contributed by atoms with E-state index in [9.17, 15) is 13.2 Å². The number of thiazole rings is 1. The van der Waals surface area contributed by atoms with E-state index in [0.29, 0.717) is 27.7 Å². The monoisotopic (exact) mass is 443 g/mol. The van der Waals surface area contributed by atoms with Crippen molar-refractivity contribution < 1.29 is 13.2 Å². The average Bonchev–Trinajstić information content (AvgIpc) is 3.09. The molecule has 9 heteroatoms. The van der Waals surface area contributed by atoms with Crippen LogP contribution >= 0.6 is 34.5 Å². The van der Waals surface area contributed by atoms with E-state index in [-0.39, 0.29) is 10.0 Å². The Balaban J connectivity index is 1.94. The third-order valence-electron chi connectivity index (χ3n) is 3.80. The number of alkyl halides is 3. The molecule has 0 spiro atoms. The number of rotatable bonds is 5. The maximum atomic E-state index is 13.4. The molecule has 0 fully saturated rings. The normalized spacial score (nSPS) is 12.3. The van der Waals surface area contributed by atoms with Crippen LogP contribution in [0.1, 0.15) is 24.6 Å². The Bertz CT molecular complexity index is 981. The molecule has 0 saturated carbocycles. The lowest BCUT2D eigenvalue weighted by Gasteiger charge is -2.06. The molecule has 0 aliphatic rings. The smallest absolute Gasteiger partial charge is 0.252 e. The summed E-state index contributed by atoms with van der Waals surface area (Å²) in [6.07, 6.45) is -4.00. The summed E-state index contributed by atoms with van der Waals surface area (Å²) >= 11 is 12.6. The minimum Gasteiger partial charge on any atom is -0.252 e. The predicted octanol–water partition coefficient (Wildman–Crippen LogP) is 7.36. The lowest BCUT2D eigenvalue weighted by molar-refractivity contribution is -0.140. The first kappa shape index (κ1) is 20.6. The Morgan fingerprint density at radius 1 is 1.04 bits per heavy atom. The van der Waals surface area contributed by atoms with E-state index in [1.54, 1.807) is 24.3 Å². The number of hydrazone groups is 1. The first-order valence-corrected chi connectivity index (χ1v) is 9.77. The number of anilines is 1. The number of nitrogens with zero attached hydrogens (tertiary/aromatic N) is 2. The molecular formula is C19H14Cl2F3N3S. The lowest BCUT2D eigenvalue weighted by Crippen LogP contribution is -2.07. The number of hydrogen-bond donors (Lipinski definition) is 1. The van der Waals surface area contributed by atoms with Crippen molar-refractivity contribution in [2.75, 3.05) is 5.43 Å². The molecule has 0 aliphatic heterocycles. The zero-order chi connectivity index (χ0) is 20.3. The zero-order valence-corrected chi connectivity index (χ0v) is 16.8. The van der Waals surface area contributed by atoms with Gasteiger partial charge in [-0.1, -0.05) is 65.7 Å². The second kappa shape index (κ2) is 8.51. The Morgan fingerprint density at radius 3 is 2.14 bits per heavy atom. The van der Waals surface area contributed by atoms with E-state index in [4.69, 9.17) is 23.2 Å². The Labute approximate surface area is 173 Å². The maximum absolute atomic E-state index is 13.4. The summed E-state index contributed by atoms with van der Waals surface area (Å²) in [4.78, 5) is 3.72. The van der Waals surface area contributed by atoms with Gasteiger partial charge in [0.05, 0.1) is 10.6 Å². The topological polar surface area (TPSA) is 37.3 Å². The number of nitrogens with one attached hydrogen (secondary N) is 1. The molecule has 3 nitrogen and oxygen atoms in total. The fraction of sp³-hybridized carbons (Fsp3) is 0.158. The minimum atomic E-state index is -4.58. The van der Waals surface area contributed by atoms with Crippen LogP contribution in [0.25, 0.3) is 10.4 Å². The SMILES string of the molecule is CC/C(=N\Nc1nc(C(F)(F)F)c(-c2ccc(Cl)cc2)s1)c1ccc(Cl)cc1. The zero-order valence-electron chi connectivity index (χ0n) is 14.5. The molecule has 0 aliphatic carbocycles. The molecule has 1 N–H and O–H groups in total. The summed E-state index contributed by atoms with van der Waals surface area (Å²) in [5.41, 5.74) is 3.59. The van der Waals surface area contributed by atoms with Gasteiger partial charge in [0.2, 0.25) is 5.13 Å². The molecule has 0 atom stereocenters. The van der Waals surface area contributed by atoms with E-state index in [2.05, 4.69) is 15.5 Å². The molecule has 0 amide bonds. The van der Waals surface area contributed by atoms with Crippen molar-refractivity contribution >= 4 is 45.4 Å². The van der Waals surface area contributed by atoms with Gasteiger partial charge in [-0.25, -0.2) is 4.98 Å². The molecule has 2 aromatic carbocycles. The van der Waals surface area contributed by atoms with Gasteiger partial charge < -0.3 is 0 Å². The number of hydrogen-bond acceptors (Lipinski definition) is 4. The fourth-order valence-corrected chi connectivity index (χ4v) is 3.65. The highest BCUT2D eigenvalue weighted by atomic mass is 35.5. The molecule has 1 heterocycles. The minimum absolute atomic E-state index is 0.00593. The second-order valence-electron chi connectivity index (χ2n) is 5.73. The highest BCUT2D eigenvalue weighted by molar-refractivity contribution is 7.19. The molecular weight excluding hydrogens is 430 g/mol. The quantitative estimate of drug-likeness (QED) is 0.330. The number of benzene rings is 2. The van der Waals surface area contributed by atoms with Crippen molar-refractivity contribution in [2.24, 2.45) is 5.10 Å². The van der Waals surface area contributed by atoms with Crippen molar-refractivity contribution in [3.05, 3.63) is 69.8 Å². The van der Waals surface area contributed by atoms with Gasteiger partial charge in [0.1, 0.15) is 0 Å². The lowest BCUT2D eigenvalue weighted by atomic mass is 10.1. The van der Waals surface area contributed by atoms with Crippen LogP contribution in [-0.2, 0) is 6.18 Å². The Kier molecular flexibility index (Phi) is 6.27. The van der Waals surface area contributed by atoms with Crippen LogP contribution < -0.4 is 5.43 Å². The largest absolute Gasteiger partial charge is 0.434 e. The third-order valence-corrected chi connectivity index (χ3v) is 5.31. The molecule has 3 aromatic rings. The second-order valence-corrected chi connectivity index (χ2v) is 7.60. The first-order chi connectivity index (χ1) is 13.3. The summed E-state index contributed by atoms with van der Waals surface area (Å²) in [6, 6.07) is 13.2. The molecule has 28 heavy (non-hydrogen) atoms. The van der Waals surface area contributed by atoms with Gasteiger partial charge >= 0.3 is 6.18 Å². The molecule has 3 rings (SSSR count). The van der Waals surface area contributed by atoms with Crippen molar-refractivity contribution in [3.63, 3.8) is 0 Å². The molecule has 0 unspecified atom stereocenters. The van der Waals surface area contributed by atoms with Crippen LogP contribution in [0.15, 0.2) is 53.6 Å². The van der Waals surface area contributed by atoms with Gasteiger partial charge in [-0.05, 0) is 41.8 Å². The van der Waals surface area contributed by atoms with Gasteiger partial charge in [0.15, 0.2) is 5.69 Å². The average molecular weight is 444 g/mol. The van der Waals surface area contributed by atoms with Crippen molar-refractivity contribution in [3.8, 4) is 10.4 Å². The summed E-state index contributed by atoms with van der Waals surface area (Å²) in [5, 5.41) is 5.33. The number of aromatic nitrogens is 1. The summed E-state index contributed by atoms with van der Waals surface area (Å²) in [5.74, 6) is 0. The van der Waals surface area contributed by atoms with Gasteiger partial charge in [-0.3, -0.25) is 5.43 Å². The van der Waals surface area contributed by atoms with Crippen molar-refractivity contribution in [1.29, 1.82) is 0 Å². The van der Waals surface area contributed by atoms with Crippen molar-refractivity contribution in [2.45, 2.75) is 19.5 Å². The van der Waals surface area contributed by atoms with Crippen LogP contribution in [0, 0.1) is 0 Å². The van der Waals surface area contributed by atoms with Crippen LogP contribution in [0.4, 0.5) is 18.3 Å². The van der Waals surface area contributed by atoms with Gasteiger partial charge in [-0.2, -0.15) is 18.3 Å². The predicted molar refractivity (Wildman–Crippen MR) is 109 cm³/mol. The van der Waals surface area contributed by atoms with E-state index < -0.39 is 11.9 Å². The van der Waals surface area contributed by atoms with Crippen LogP contribution in [-0.4, -0.2) is 10.7 Å². The van der Waals surface area contributed by atoms with E-state index in [1.807, 2.05) is 6.92 Å². The third kappa shape index (κ3) is 4.84. The Morgan fingerprint density at radius 2 is 1.61 bits per heavy atom. The molecule has 0 bridgehead atoms. The highest BCUT2D eigenvalue weighted by Gasteiger charge is 2.38. The maximum Gasteiger partial charge on any atom is 0.434 e. The van der Waals surface area contributed by atoms with Gasteiger partial charge in [0, 0.05) is 10.0 Å². The molecule has 1 aromatic heterocycles. The summed E-state index contributed by atoms with van der Waals surface area (Å²) in [7, 11) is 0. The highest BCUT2D eigenvalue weighted by Crippen LogP contribution is 2.42. The van der Waals surface area contributed by atoms with E-state index in [0.717, 1.165) is 16.9 Å². The van der Waals surface area contributed by atoms with E-state index in [1.165, 1.54) is 24.3 Å². The van der Waals surface area contributed by atoms with Crippen LogP contribution in [0.2, 0.25) is 10.0 Å². The Hall–Kier alpha value is -2.09. The molecule has 0 radical (unpaired) electrons. The van der Waals surface area contributed by atoms with Crippen LogP contribution in [0.3, 0.4) is 0 Å². The number of halogens is 5. The molecule has 146 valence electrons. The van der Waals surface area contributed by atoms with Crippen molar-refractivity contribution in [1.82, 2.24) is 4.98 Å². The molecule has 0 saturated heterocycles. The fourth-order valence-electron chi connectivity index (χ4n) is 2.46.